The predicted molar refractivity (Wildman–Crippen MR) is 79.4 cm³/mol. The van der Waals surface area contributed by atoms with Crippen LogP contribution in [0, 0.1) is 5.82 Å². The standard InChI is InChI=1S/C15H14ClFN2O3/c16-9-7-11-14-12(13(9)17)8-1-3-18(15(20)21)4-2-10(8)19(14)5-6-22-11/h7H,1-6H2,(H,20,21). The number of benzene rings is 1. The Morgan fingerprint density at radius 2 is 2.09 bits per heavy atom. The molecule has 116 valence electrons. The molecule has 2 aliphatic heterocycles. The fourth-order valence-electron chi connectivity index (χ4n) is 3.53. The number of amides is 1. The minimum Gasteiger partial charge on any atom is -0.489 e. The molecule has 22 heavy (non-hydrogen) atoms. The maximum absolute atomic E-state index is 14.6. The SMILES string of the molecule is O=C(O)N1CCc2c(n3c4c(cc(Cl)c(F)c24)OCC3)CC1. The molecule has 7 heteroatoms. The second-order valence-corrected chi connectivity index (χ2v) is 6.00. The highest BCUT2D eigenvalue weighted by Gasteiger charge is 2.29. The molecule has 1 aromatic carbocycles. The summed E-state index contributed by atoms with van der Waals surface area (Å²) in [5.74, 6) is 0.167. The van der Waals surface area contributed by atoms with Crippen molar-refractivity contribution in [2.24, 2.45) is 0 Å². The quantitative estimate of drug-likeness (QED) is 0.810. The van der Waals surface area contributed by atoms with Gasteiger partial charge in [0, 0.05) is 36.7 Å². The highest BCUT2D eigenvalue weighted by molar-refractivity contribution is 6.32. The summed E-state index contributed by atoms with van der Waals surface area (Å²) in [6, 6.07) is 1.53. The van der Waals surface area contributed by atoms with E-state index in [-0.39, 0.29) is 5.02 Å². The number of ether oxygens (including phenoxy) is 1. The van der Waals surface area contributed by atoms with Crippen LogP contribution in [0.15, 0.2) is 6.07 Å². The van der Waals surface area contributed by atoms with Gasteiger partial charge in [-0.2, -0.15) is 0 Å². The number of hydrogen-bond acceptors (Lipinski definition) is 2. The summed E-state index contributed by atoms with van der Waals surface area (Å²) in [4.78, 5) is 12.6. The van der Waals surface area contributed by atoms with Gasteiger partial charge in [0.15, 0.2) is 5.82 Å². The average molecular weight is 325 g/mol. The van der Waals surface area contributed by atoms with Crippen molar-refractivity contribution in [1.82, 2.24) is 9.47 Å². The highest BCUT2D eigenvalue weighted by Crippen LogP contribution is 2.41. The molecular weight excluding hydrogens is 311 g/mol. The van der Waals surface area contributed by atoms with Gasteiger partial charge in [-0.15, -0.1) is 0 Å². The van der Waals surface area contributed by atoms with Gasteiger partial charge in [0.1, 0.15) is 12.4 Å². The molecule has 0 bridgehead atoms. The third-order valence-electron chi connectivity index (χ3n) is 4.50. The van der Waals surface area contributed by atoms with Crippen LogP contribution in [0.25, 0.3) is 10.9 Å². The van der Waals surface area contributed by atoms with Gasteiger partial charge in [-0.3, -0.25) is 0 Å². The van der Waals surface area contributed by atoms with E-state index >= 15 is 0 Å². The second kappa shape index (κ2) is 4.78. The van der Waals surface area contributed by atoms with E-state index in [9.17, 15) is 14.3 Å². The molecule has 1 amide bonds. The lowest BCUT2D eigenvalue weighted by molar-refractivity contribution is 0.147. The number of nitrogens with zero attached hydrogens (tertiary/aromatic N) is 2. The summed E-state index contributed by atoms with van der Waals surface area (Å²) >= 11 is 6.00. The Hall–Kier alpha value is -1.95. The van der Waals surface area contributed by atoms with E-state index in [1.54, 1.807) is 0 Å². The number of carbonyl (C=O) groups is 1. The van der Waals surface area contributed by atoms with Crippen LogP contribution in [-0.4, -0.2) is 40.4 Å². The van der Waals surface area contributed by atoms with Gasteiger partial charge in [0.05, 0.1) is 17.1 Å². The van der Waals surface area contributed by atoms with Crippen molar-refractivity contribution in [3.05, 3.63) is 28.2 Å². The molecule has 0 atom stereocenters. The summed E-state index contributed by atoms with van der Waals surface area (Å²) in [6.07, 6.45) is 0.130. The van der Waals surface area contributed by atoms with Crippen LogP contribution in [0.1, 0.15) is 11.3 Å². The van der Waals surface area contributed by atoms with Crippen LogP contribution in [0.3, 0.4) is 0 Å². The third-order valence-corrected chi connectivity index (χ3v) is 4.77. The topological polar surface area (TPSA) is 54.7 Å². The van der Waals surface area contributed by atoms with Gasteiger partial charge in [0.25, 0.3) is 0 Å². The van der Waals surface area contributed by atoms with Crippen LogP contribution < -0.4 is 4.74 Å². The van der Waals surface area contributed by atoms with Crippen LogP contribution in [0.5, 0.6) is 5.75 Å². The van der Waals surface area contributed by atoms with Crippen molar-refractivity contribution in [2.45, 2.75) is 19.4 Å². The molecule has 3 heterocycles. The van der Waals surface area contributed by atoms with Crippen molar-refractivity contribution in [3.63, 3.8) is 0 Å². The first-order chi connectivity index (χ1) is 10.6. The van der Waals surface area contributed by atoms with E-state index in [1.165, 1.54) is 11.0 Å². The molecule has 5 nitrogen and oxygen atoms in total. The zero-order valence-electron chi connectivity index (χ0n) is 11.7. The van der Waals surface area contributed by atoms with Crippen molar-refractivity contribution in [1.29, 1.82) is 0 Å². The Labute approximate surface area is 130 Å². The lowest BCUT2D eigenvalue weighted by Gasteiger charge is -2.20. The molecule has 0 spiro atoms. The molecular formula is C15H14ClFN2O3. The molecule has 0 saturated carbocycles. The van der Waals surface area contributed by atoms with E-state index < -0.39 is 11.9 Å². The van der Waals surface area contributed by atoms with Crippen LogP contribution >= 0.6 is 11.6 Å². The molecule has 4 rings (SSSR count). The summed E-state index contributed by atoms with van der Waals surface area (Å²) in [5.41, 5.74) is 2.62. The molecule has 0 fully saturated rings. The highest BCUT2D eigenvalue weighted by atomic mass is 35.5. The van der Waals surface area contributed by atoms with Crippen molar-refractivity contribution >= 4 is 28.6 Å². The van der Waals surface area contributed by atoms with E-state index in [0.717, 1.165) is 16.8 Å². The Morgan fingerprint density at radius 3 is 2.86 bits per heavy atom. The first kappa shape index (κ1) is 13.7. The Bertz CT molecular complexity index is 802. The number of hydrogen-bond donors (Lipinski definition) is 1. The summed E-state index contributed by atoms with van der Waals surface area (Å²) < 4.78 is 22.3. The zero-order valence-corrected chi connectivity index (χ0v) is 12.5. The van der Waals surface area contributed by atoms with Crippen LogP contribution in [0.2, 0.25) is 5.02 Å². The summed E-state index contributed by atoms with van der Waals surface area (Å²) in [5, 5.41) is 9.71. The third kappa shape index (κ3) is 1.80. The fourth-order valence-corrected chi connectivity index (χ4v) is 3.72. The molecule has 0 saturated heterocycles. The van der Waals surface area contributed by atoms with E-state index in [4.69, 9.17) is 16.3 Å². The Kier molecular flexibility index (Phi) is 2.97. The molecule has 2 aliphatic rings. The number of aromatic nitrogens is 1. The molecule has 2 aromatic rings. The van der Waals surface area contributed by atoms with Crippen LogP contribution in [0.4, 0.5) is 9.18 Å². The van der Waals surface area contributed by atoms with Crippen molar-refractivity contribution in [3.8, 4) is 5.75 Å². The first-order valence-electron chi connectivity index (χ1n) is 7.20. The van der Waals surface area contributed by atoms with E-state index in [2.05, 4.69) is 4.57 Å². The molecule has 0 aliphatic carbocycles. The van der Waals surface area contributed by atoms with Crippen LogP contribution in [-0.2, 0) is 19.4 Å². The maximum Gasteiger partial charge on any atom is 0.407 e. The molecule has 0 radical (unpaired) electrons. The Balaban J connectivity index is 1.96. The van der Waals surface area contributed by atoms with Gasteiger partial charge in [-0.1, -0.05) is 11.6 Å². The number of halogens is 2. The minimum atomic E-state index is -0.935. The van der Waals surface area contributed by atoms with Gasteiger partial charge in [0.2, 0.25) is 0 Å². The van der Waals surface area contributed by atoms with Gasteiger partial charge in [-0.25, -0.2) is 9.18 Å². The molecule has 1 N–H and O–H groups in total. The fraction of sp³-hybridized carbons (Fsp3) is 0.400. The van der Waals surface area contributed by atoms with Gasteiger partial charge >= 0.3 is 6.09 Å². The predicted octanol–water partition coefficient (Wildman–Crippen LogP) is 2.90. The smallest absolute Gasteiger partial charge is 0.407 e. The number of carboxylic acid groups (broad SMARTS) is 1. The largest absolute Gasteiger partial charge is 0.489 e. The number of fused-ring (bicyclic) bond motifs is 3. The summed E-state index contributed by atoms with van der Waals surface area (Å²) in [6.45, 7) is 1.94. The maximum atomic E-state index is 14.6. The first-order valence-corrected chi connectivity index (χ1v) is 7.58. The number of rotatable bonds is 0. The van der Waals surface area contributed by atoms with Gasteiger partial charge < -0.3 is 19.3 Å². The summed E-state index contributed by atoms with van der Waals surface area (Å²) in [7, 11) is 0. The van der Waals surface area contributed by atoms with Gasteiger partial charge in [-0.05, 0) is 12.0 Å². The average Bonchev–Trinajstić information content (AvgIpc) is 2.66. The lowest BCUT2D eigenvalue weighted by Crippen LogP contribution is -2.32. The Morgan fingerprint density at radius 1 is 1.32 bits per heavy atom. The van der Waals surface area contributed by atoms with E-state index in [1.807, 2.05) is 0 Å². The molecule has 1 aromatic heterocycles. The molecule has 0 unspecified atom stereocenters. The van der Waals surface area contributed by atoms with Crippen molar-refractivity contribution in [2.75, 3.05) is 19.7 Å². The monoisotopic (exact) mass is 324 g/mol. The normalized spacial score (nSPS) is 17.1. The van der Waals surface area contributed by atoms with E-state index in [0.29, 0.717) is 50.2 Å². The second-order valence-electron chi connectivity index (χ2n) is 5.59. The lowest BCUT2D eigenvalue weighted by atomic mass is 10.1. The van der Waals surface area contributed by atoms with Crippen molar-refractivity contribution < 1.29 is 19.0 Å². The zero-order chi connectivity index (χ0) is 15.4. The minimum absolute atomic E-state index is 0.0451.